The van der Waals surface area contributed by atoms with Crippen LogP contribution >= 0.6 is 11.6 Å². The Morgan fingerprint density at radius 1 is 0.889 bits per heavy atom. The van der Waals surface area contributed by atoms with Crippen LogP contribution in [0.1, 0.15) is 18.4 Å². The van der Waals surface area contributed by atoms with Gasteiger partial charge in [0, 0.05) is 16.8 Å². The van der Waals surface area contributed by atoms with Gasteiger partial charge in [0.2, 0.25) is 11.8 Å². The van der Waals surface area contributed by atoms with Gasteiger partial charge in [-0.1, -0.05) is 35.9 Å². The molecule has 1 aliphatic carbocycles. The highest BCUT2D eigenvalue weighted by molar-refractivity contribution is 6.30. The van der Waals surface area contributed by atoms with Crippen LogP contribution in [0.15, 0.2) is 82.4 Å². The van der Waals surface area contributed by atoms with Crippen molar-refractivity contribution in [2.45, 2.75) is 31.8 Å². The molecule has 0 spiro atoms. The highest BCUT2D eigenvalue weighted by Gasteiger charge is 2.23. The zero-order valence-electron chi connectivity index (χ0n) is 19.2. The first-order valence-electron chi connectivity index (χ1n) is 11.6. The monoisotopic (exact) mass is 502 g/mol. The largest absolute Gasteiger partial charge is 0.353 e. The molecule has 5 rings (SSSR count). The van der Waals surface area contributed by atoms with Crippen LogP contribution in [0.3, 0.4) is 0 Å². The van der Waals surface area contributed by atoms with E-state index in [4.69, 9.17) is 11.6 Å². The van der Waals surface area contributed by atoms with Crippen LogP contribution in [0.5, 0.6) is 0 Å². The van der Waals surface area contributed by atoms with Crippen molar-refractivity contribution in [1.82, 2.24) is 14.5 Å². The fourth-order valence-corrected chi connectivity index (χ4v) is 4.16. The van der Waals surface area contributed by atoms with E-state index in [1.807, 2.05) is 0 Å². The van der Waals surface area contributed by atoms with Gasteiger partial charge in [0.05, 0.1) is 23.0 Å². The number of aromatic nitrogens is 2. The second-order valence-electron chi connectivity index (χ2n) is 8.77. The molecule has 2 amide bonds. The molecule has 2 N–H and O–H groups in total. The Morgan fingerprint density at radius 2 is 1.58 bits per heavy atom. The molecule has 36 heavy (non-hydrogen) atoms. The lowest BCUT2D eigenvalue weighted by molar-refractivity contribution is -0.120. The second kappa shape index (κ2) is 9.83. The molecule has 1 heterocycles. The van der Waals surface area contributed by atoms with Gasteiger partial charge in [-0.05, 0) is 66.9 Å². The van der Waals surface area contributed by atoms with E-state index in [-0.39, 0.29) is 24.9 Å². The van der Waals surface area contributed by atoms with Crippen LogP contribution in [-0.2, 0) is 22.6 Å². The predicted molar refractivity (Wildman–Crippen MR) is 139 cm³/mol. The minimum atomic E-state index is -0.635. The molecule has 1 saturated carbocycles. The average Bonchev–Trinajstić information content (AvgIpc) is 3.68. The summed E-state index contributed by atoms with van der Waals surface area (Å²) in [5, 5.41) is 6.53. The summed E-state index contributed by atoms with van der Waals surface area (Å²) < 4.78 is 2.32. The third kappa shape index (κ3) is 5.08. The number of para-hydroxylation sites is 1. The van der Waals surface area contributed by atoms with E-state index in [2.05, 4.69) is 10.6 Å². The molecule has 0 bridgehead atoms. The number of nitrogens with zero attached hydrogens (tertiary/aromatic N) is 2. The summed E-state index contributed by atoms with van der Waals surface area (Å²) in [6, 6.07) is 20.3. The number of rotatable bonds is 7. The number of carbonyl (C=O) groups excluding carboxylic acids is 2. The lowest BCUT2D eigenvalue weighted by atomic mass is 10.1. The maximum atomic E-state index is 13.5. The Bertz CT molecular complexity index is 1570. The maximum Gasteiger partial charge on any atom is 0.336 e. The Hall–Kier alpha value is -4.17. The summed E-state index contributed by atoms with van der Waals surface area (Å²) in [7, 11) is 0. The number of halogens is 1. The van der Waals surface area contributed by atoms with Gasteiger partial charge in [0.15, 0.2) is 0 Å². The molecule has 0 aliphatic heterocycles. The van der Waals surface area contributed by atoms with Gasteiger partial charge in [0.25, 0.3) is 5.56 Å². The lowest BCUT2D eigenvalue weighted by Gasteiger charge is -2.14. The molecule has 3 aromatic carbocycles. The van der Waals surface area contributed by atoms with Crippen molar-refractivity contribution in [3.63, 3.8) is 0 Å². The molecule has 1 aliphatic rings. The molecule has 0 saturated heterocycles. The average molecular weight is 503 g/mol. The number of benzene rings is 3. The van der Waals surface area contributed by atoms with Crippen LogP contribution in [0.25, 0.3) is 16.6 Å². The topological polar surface area (TPSA) is 102 Å². The van der Waals surface area contributed by atoms with Crippen molar-refractivity contribution in [3.8, 4) is 5.69 Å². The van der Waals surface area contributed by atoms with Gasteiger partial charge in [0.1, 0.15) is 6.54 Å². The Kier molecular flexibility index (Phi) is 6.43. The fraction of sp³-hybridized carbons (Fsp3) is 0.185. The number of nitrogens with one attached hydrogen (secondary N) is 2. The van der Waals surface area contributed by atoms with Gasteiger partial charge < -0.3 is 10.6 Å². The normalized spacial score (nSPS) is 12.9. The van der Waals surface area contributed by atoms with Gasteiger partial charge in [-0.15, -0.1) is 0 Å². The highest BCUT2D eigenvalue weighted by atomic mass is 35.5. The molecule has 182 valence electrons. The number of hydrogen-bond donors (Lipinski definition) is 2. The van der Waals surface area contributed by atoms with Gasteiger partial charge >= 0.3 is 5.69 Å². The van der Waals surface area contributed by atoms with Crippen molar-refractivity contribution in [1.29, 1.82) is 0 Å². The number of fused-ring (bicyclic) bond motifs is 1. The van der Waals surface area contributed by atoms with Crippen LogP contribution in [0.4, 0.5) is 5.69 Å². The van der Waals surface area contributed by atoms with E-state index in [0.717, 1.165) is 23.0 Å². The predicted octanol–water partition coefficient (Wildman–Crippen LogP) is 3.27. The van der Waals surface area contributed by atoms with E-state index in [0.29, 0.717) is 27.3 Å². The zero-order chi connectivity index (χ0) is 25.2. The Balaban J connectivity index is 1.47. The van der Waals surface area contributed by atoms with Crippen molar-refractivity contribution < 1.29 is 9.59 Å². The minimum Gasteiger partial charge on any atom is -0.353 e. The second-order valence-corrected chi connectivity index (χ2v) is 9.20. The molecule has 0 atom stereocenters. The van der Waals surface area contributed by atoms with E-state index >= 15 is 0 Å². The number of amides is 2. The van der Waals surface area contributed by atoms with Gasteiger partial charge in [-0.3, -0.25) is 19.0 Å². The number of carbonyl (C=O) groups is 2. The molecule has 8 nitrogen and oxygen atoms in total. The summed E-state index contributed by atoms with van der Waals surface area (Å²) in [5.41, 5.74) is 0.912. The maximum absolute atomic E-state index is 13.5. The summed E-state index contributed by atoms with van der Waals surface area (Å²) >= 11 is 5.90. The number of anilines is 1. The first kappa shape index (κ1) is 23.6. The smallest absolute Gasteiger partial charge is 0.336 e. The molecular weight excluding hydrogens is 480 g/mol. The van der Waals surface area contributed by atoms with Gasteiger partial charge in [-0.25, -0.2) is 9.36 Å². The van der Waals surface area contributed by atoms with Crippen molar-refractivity contribution in [2.24, 2.45) is 0 Å². The van der Waals surface area contributed by atoms with Crippen molar-refractivity contribution in [2.75, 3.05) is 5.32 Å². The van der Waals surface area contributed by atoms with Crippen molar-refractivity contribution in [3.05, 3.63) is 104 Å². The molecule has 1 aromatic heterocycles. The van der Waals surface area contributed by atoms with Crippen LogP contribution in [-0.4, -0.2) is 27.0 Å². The minimum absolute atomic E-state index is 0.0535. The SMILES string of the molecule is O=C(Cn1c(=O)n(-c2ccc(CC(=O)NC3CC3)cc2)c(=O)c2ccccc21)Nc1ccc(Cl)cc1. The highest BCUT2D eigenvalue weighted by Crippen LogP contribution is 2.19. The molecule has 0 radical (unpaired) electrons. The van der Waals surface area contributed by atoms with Crippen LogP contribution < -0.4 is 21.9 Å². The summed E-state index contributed by atoms with van der Waals surface area (Å²) in [6.07, 6.45) is 2.25. The molecule has 0 unspecified atom stereocenters. The quantitative estimate of drug-likeness (QED) is 0.405. The molecular formula is C27H23ClN4O4. The fourth-order valence-electron chi connectivity index (χ4n) is 4.03. The molecule has 1 fully saturated rings. The third-order valence-corrected chi connectivity index (χ3v) is 6.23. The summed E-state index contributed by atoms with van der Waals surface area (Å²) in [6.45, 7) is -0.290. The molecule has 9 heteroatoms. The Morgan fingerprint density at radius 3 is 2.28 bits per heavy atom. The van der Waals surface area contributed by atoms with Crippen LogP contribution in [0, 0.1) is 0 Å². The van der Waals surface area contributed by atoms with E-state index in [9.17, 15) is 19.2 Å². The first-order valence-corrected chi connectivity index (χ1v) is 12.0. The lowest BCUT2D eigenvalue weighted by Crippen LogP contribution is -2.40. The van der Waals surface area contributed by atoms with E-state index in [1.165, 1.54) is 4.57 Å². The third-order valence-electron chi connectivity index (χ3n) is 5.98. The van der Waals surface area contributed by atoms with E-state index in [1.54, 1.807) is 72.8 Å². The van der Waals surface area contributed by atoms with Gasteiger partial charge in [-0.2, -0.15) is 0 Å². The summed E-state index contributed by atoms with van der Waals surface area (Å²) in [4.78, 5) is 51.7. The number of hydrogen-bond acceptors (Lipinski definition) is 4. The van der Waals surface area contributed by atoms with Crippen molar-refractivity contribution >= 4 is 40.0 Å². The standard InChI is InChI=1S/C27H23ClN4O4/c28-18-7-9-19(10-8-18)30-25(34)16-31-23-4-2-1-3-22(23)26(35)32(27(31)36)21-13-5-17(6-14-21)15-24(33)29-20-11-12-20/h1-10,13-14,20H,11-12,15-16H2,(H,29,33)(H,30,34). The summed E-state index contributed by atoms with van der Waals surface area (Å²) in [5.74, 6) is -0.478. The molecule has 4 aromatic rings. The zero-order valence-corrected chi connectivity index (χ0v) is 20.0. The van der Waals surface area contributed by atoms with Crippen LogP contribution in [0.2, 0.25) is 5.02 Å². The van der Waals surface area contributed by atoms with E-state index < -0.39 is 17.2 Å². The Labute approximate surface area is 211 Å². The first-order chi connectivity index (χ1) is 17.4.